The van der Waals surface area contributed by atoms with Crippen molar-refractivity contribution in [3.63, 3.8) is 0 Å². The number of benzene rings is 11. The lowest BCUT2D eigenvalue weighted by Gasteiger charge is -2.31. The molecule has 5 aromatic heterocycles. The zero-order valence-electron chi connectivity index (χ0n) is 41.0. The standard InChI is InChI=1S/C69H40N4O3S/c1-4-16-41(17-5-1)55-36-45(69-71-67(43-28-31-50-48-22-10-13-25-57(48)74-59(50)38-43)70-68(72-69)44-29-32-51-49-23-11-14-26-58(49)75-60(51)39-44)37-56(42-18-6-2-7-19-42)65(55)73(46-20-8-3-9-21-46)47-30-33-52-53-34-35-63-64(66(53)76-61(52)40-47)54-24-12-15-27-62(54)77-63/h1-40H. The highest BCUT2D eigenvalue weighted by molar-refractivity contribution is 7.26. The van der Waals surface area contributed by atoms with Crippen LogP contribution in [0.25, 0.3) is 142 Å². The Kier molecular flexibility index (Phi) is 9.67. The molecule has 0 N–H and O–H groups in total. The molecule has 11 aromatic carbocycles. The predicted octanol–water partition coefficient (Wildman–Crippen LogP) is 19.7. The van der Waals surface area contributed by atoms with Gasteiger partial charge in [-0.25, -0.2) is 15.0 Å². The SMILES string of the molecule is c1ccc(-c2cc(-c3nc(-c4ccc5c(c4)oc4ccccc45)nc(-c4ccc5c(c4)oc4ccccc45)n3)cc(-c3ccccc3)c2N(c2ccccc2)c2ccc3c(c2)oc2c3ccc3sc4ccccc4c32)cc1. The summed E-state index contributed by atoms with van der Waals surface area (Å²) in [6.45, 7) is 0. The zero-order chi connectivity index (χ0) is 50.6. The molecule has 0 radical (unpaired) electrons. The molecule has 0 atom stereocenters. The van der Waals surface area contributed by atoms with Gasteiger partial charge in [0, 0.05) is 97.7 Å². The Morgan fingerprint density at radius 3 is 1.38 bits per heavy atom. The third kappa shape index (κ3) is 7.07. The van der Waals surface area contributed by atoms with Gasteiger partial charge in [-0.2, -0.15) is 0 Å². The number of anilines is 3. The van der Waals surface area contributed by atoms with Crippen LogP contribution in [-0.2, 0) is 0 Å². The van der Waals surface area contributed by atoms with Crippen LogP contribution in [0, 0.1) is 0 Å². The number of thiophene rings is 1. The van der Waals surface area contributed by atoms with Crippen molar-refractivity contribution in [2.75, 3.05) is 4.90 Å². The van der Waals surface area contributed by atoms with E-state index in [1.165, 1.54) is 14.8 Å². The fourth-order valence-electron chi connectivity index (χ4n) is 11.3. The Morgan fingerprint density at radius 2 is 0.766 bits per heavy atom. The van der Waals surface area contributed by atoms with Crippen LogP contribution in [0.1, 0.15) is 0 Å². The molecule has 0 aliphatic rings. The lowest BCUT2D eigenvalue weighted by molar-refractivity contribution is 0.668. The van der Waals surface area contributed by atoms with Gasteiger partial charge in [0.1, 0.15) is 33.5 Å². The molecule has 0 bridgehead atoms. The number of rotatable bonds is 8. The van der Waals surface area contributed by atoms with Crippen molar-refractivity contribution in [1.29, 1.82) is 0 Å². The number of furan rings is 3. The van der Waals surface area contributed by atoms with Crippen LogP contribution in [0.4, 0.5) is 17.1 Å². The molecule has 0 saturated heterocycles. The van der Waals surface area contributed by atoms with E-state index in [0.717, 1.165) is 127 Å². The molecule has 77 heavy (non-hydrogen) atoms. The van der Waals surface area contributed by atoms with E-state index in [2.05, 4.69) is 199 Å². The minimum Gasteiger partial charge on any atom is -0.456 e. The van der Waals surface area contributed by atoms with Gasteiger partial charge in [-0.3, -0.25) is 0 Å². The summed E-state index contributed by atoms with van der Waals surface area (Å²) < 4.78 is 22.3. The summed E-state index contributed by atoms with van der Waals surface area (Å²) in [5, 5.41) is 8.70. The number of hydrogen-bond donors (Lipinski definition) is 0. The van der Waals surface area contributed by atoms with E-state index in [4.69, 9.17) is 28.2 Å². The van der Waals surface area contributed by atoms with Crippen molar-refractivity contribution in [1.82, 2.24) is 15.0 Å². The summed E-state index contributed by atoms with van der Waals surface area (Å²) in [6, 6.07) is 84.6. The summed E-state index contributed by atoms with van der Waals surface area (Å²) in [5.74, 6) is 1.55. The second kappa shape index (κ2) is 17.2. The average molecular weight is 1010 g/mol. The molecule has 7 nitrogen and oxygen atoms in total. The molecule has 0 spiro atoms. The van der Waals surface area contributed by atoms with Gasteiger partial charge in [-0.05, 0) is 102 Å². The smallest absolute Gasteiger partial charge is 0.164 e. The second-order valence-electron chi connectivity index (χ2n) is 19.4. The Bertz CT molecular complexity index is 4810. The number of hydrogen-bond acceptors (Lipinski definition) is 8. The minimum absolute atomic E-state index is 0.515. The van der Waals surface area contributed by atoms with Crippen LogP contribution in [0.3, 0.4) is 0 Å². The van der Waals surface area contributed by atoms with E-state index in [1.54, 1.807) is 11.3 Å². The normalized spacial score (nSPS) is 11.9. The highest BCUT2D eigenvalue weighted by Gasteiger charge is 2.26. The molecule has 0 saturated carbocycles. The number of para-hydroxylation sites is 3. The molecular weight excluding hydrogens is 965 g/mol. The largest absolute Gasteiger partial charge is 0.456 e. The maximum Gasteiger partial charge on any atom is 0.164 e. The third-order valence-corrected chi connectivity index (χ3v) is 16.0. The van der Waals surface area contributed by atoms with E-state index >= 15 is 0 Å². The molecule has 360 valence electrons. The predicted molar refractivity (Wildman–Crippen MR) is 316 cm³/mol. The first-order valence-corrected chi connectivity index (χ1v) is 26.5. The van der Waals surface area contributed by atoms with E-state index < -0.39 is 0 Å². The summed E-state index contributed by atoms with van der Waals surface area (Å²) in [4.78, 5) is 18.4. The molecule has 0 unspecified atom stereocenters. The Labute approximate surface area is 444 Å². The lowest BCUT2D eigenvalue weighted by Crippen LogP contribution is -2.13. The zero-order valence-corrected chi connectivity index (χ0v) is 41.8. The third-order valence-electron chi connectivity index (χ3n) is 14.9. The summed E-state index contributed by atoms with van der Waals surface area (Å²) in [5.41, 5.74) is 14.3. The van der Waals surface area contributed by atoms with Crippen LogP contribution < -0.4 is 4.90 Å². The van der Waals surface area contributed by atoms with Gasteiger partial charge in [0.15, 0.2) is 17.5 Å². The molecule has 0 amide bonds. The molecule has 16 aromatic rings. The summed E-state index contributed by atoms with van der Waals surface area (Å²) >= 11 is 1.80. The van der Waals surface area contributed by atoms with Crippen LogP contribution in [0.5, 0.6) is 0 Å². The van der Waals surface area contributed by atoms with Crippen molar-refractivity contribution in [2.45, 2.75) is 0 Å². The van der Waals surface area contributed by atoms with E-state index in [-0.39, 0.29) is 0 Å². The number of aromatic nitrogens is 3. The molecule has 0 aliphatic carbocycles. The summed E-state index contributed by atoms with van der Waals surface area (Å²) in [6.07, 6.45) is 0. The van der Waals surface area contributed by atoms with Crippen LogP contribution in [-0.4, -0.2) is 15.0 Å². The lowest BCUT2D eigenvalue weighted by atomic mass is 9.91. The van der Waals surface area contributed by atoms with Crippen molar-refractivity contribution >= 4 is 114 Å². The fraction of sp³-hybridized carbons (Fsp3) is 0. The van der Waals surface area contributed by atoms with Gasteiger partial charge < -0.3 is 18.2 Å². The monoisotopic (exact) mass is 1000 g/mol. The minimum atomic E-state index is 0.515. The maximum absolute atomic E-state index is 7.02. The first-order chi connectivity index (χ1) is 38.1. The van der Waals surface area contributed by atoms with Crippen molar-refractivity contribution < 1.29 is 13.3 Å². The van der Waals surface area contributed by atoms with E-state index in [1.807, 2.05) is 48.5 Å². The van der Waals surface area contributed by atoms with Gasteiger partial charge in [0.05, 0.1) is 5.69 Å². The first kappa shape index (κ1) is 43.3. The Morgan fingerprint density at radius 1 is 0.299 bits per heavy atom. The van der Waals surface area contributed by atoms with Gasteiger partial charge >= 0.3 is 0 Å². The van der Waals surface area contributed by atoms with Gasteiger partial charge in [0.25, 0.3) is 0 Å². The molecule has 0 aliphatic heterocycles. The molecule has 16 rings (SSSR count). The molecule has 5 heterocycles. The van der Waals surface area contributed by atoms with Crippen LogP contribution in [0.15, 0.2) is 256 Å². The number of nitrogens with zero attached hydrogens (tertiary/aromatic N) is 4. The fourth-order valence-corrected chi connectivity index (χ4v) is 12.4. The topological polar surface area (TPSA) is 81.3 Å². The Hall–Kier alpha value is -10.2. The van der Waals surface area contributed by atoms with Crippen LogP contribution in [0.2, 0.25) is 0 Å². The summed E-state index contributed by atoms with van der Waals surface area (Å²) in [7, 11) is 0. The maximum atomic E-state index is 7.02. The quantitative estimate of drug-likeness (QED) is 0.150. The van der Waals surface area contributed by atoms with Gasteiger partial charge in [0.2, 0.25) is 0 Å². The van der Waals surface area contributed by atoms with Crippen molar-refractivity contribution in [2.24, 2.45) is 0 Å². The van der Waals surface area contributed by atoms with Gasteiger partial charge in [-0.15, -0.1) is 11.3 Å². The highest BCUT2D eigenvalue weighted by Crippen LogP contribution is 2.50. The molecular formula is C69H40N4O3S. The number of fused-ring (bicyclic) bond motifs is 13. The first-order valence-electron chi connectivity index (χ1n) is 25.6. The van der Waals surface area contributed by atoms with Crippen molar-refractivity contribution in [3.8, 4) is 56.4 Å². The van der Waals surface area contributed by atoms with Crippen molar-refractivity contribution in [3.05, 3.63) is 243 Å². The highest BCUT2D eigenvalue weighted by atomic mass is 32.1. The van der Waals surface area contributed by atoms with Crippen LogP contribution >= 0.6 is 11.3 Å². The van der Waals surface area contributed by atoms with Gasteiger partial charge in [-0.1, -0.05) is 146 Å². The van der Waals surface area contributed by atoms with E-state index in [0.29, 0.717) is 17.5 Å². The Balaban J connectivity index is 0.945. The average Bonchev–Trinajstić information content (AvgIpc) is 4.46. The second-order valence-corrected chi connectivity index (χ2v) is 20.5. The molecule has 0 fully saturated rings. The molecule has 8 heteroatoms. The van der Waals surface area contributed by atoms with E-state index in [9.17, 15) is 0 Å².